The molecule has 1 unspecified atom stereocenters. The van der Waals surface area contributed by atoms with Crippen molar-refractivity contribution in [1.29, 1.82) is 0 Å². The Hall–Kier alpha value is -1.97. The predicted octanol–water partition coefficient (Wildman–Crippen LogP) is 4.09. The van der Waals surface area contributed by atoms with E-state index in [0.29, 0.717) is 22.0 Å². The Morgan fingerprint density at radius 1 is 1.26 bits per heavy atom. The average molecular weight is 530 g/mol. The van der Waals surface area contributed by atoms with Crippen LogP contribution in [-0.4, -0.2) is 17.9 Å². The van der Waals surface area contributed by atoms with Gasteiger partial charge in [-0.3, -0.25) is 4.79 Å². The number of carbonyl (C=O) groups excluding carboxylic acids is 1. The third-order valence-electron chi connectivity index (χ3n) is 4.52. The second-order valence-corrected chi connectivity index (χ2v) is 9.87. The van der Waals surface area contributed by atoms with Gasteiger partial charge in [-0.25, -0.2) is 4.98 Å². The number of ketones is 1. The molecule has 11 heteroatoms. The molecule has 0 spiro atoms. The summed E-state index contributed by atoms with van der Waals surface area (Å²) in [5, 5.41) is 2.14. The Morgan fingerprint density at radius 3 is 2.48 bits per heavy atom. The van der Waals surface area contributed by atoms with Crippen molar-refractivity contribution in [1.82, 2.24) is 4.98 Å². The standard InChI is InChI=1S/C20H17BrF2NO5PS/c1-29-17-11-31-19(24-17)14(18(25)13-5-3-2-4-6-13)9-12-7-8-15(16(21)10-12)20(22,23)30(26,27)28/h2-8,10-11,14H,9H2,1H3,(H2,26,27,28)/p-2. The minimum atomic E-state index is -6.20. The molecule has 31 heavy (non-hydrogen) atoms. The lowest BCUT2D eigenvalue weighted by Gasteiger charge is -2.38. The zero-order valence-corrected chi connectivity index (χ0v) is 19.3. The lowest BCUT2D eigenvalue weighted by molar-refractivity contribution is -0.335. The van der Waals surface area contributed by atoms with Crippen molar-refractivity contribution in [2.75, 3.05) is 7.11 Å². The van der Waals surface area contributed by atoms with Crippen LogP contribution in [0.4, 0.5) is 8.78 Å². The fraction of sp³-hybridized carbons (Fsp3) is 0.200. The highest BCUT2D eigenvalue weighted by Gasteiger charge is 2.38. The van der Waals surface area contributed by atoms with E-state index < -0.39 is 24.7 Å². The van der Waals surface area contributed by atoms with Crippen LogP contribution in [0.1, 0.15) is 32.4 Å². The fourth-order valence-corrected chi connectivity index (χ4v) is 5.12. The lowest BCUT2D eigenvalue weighted by Crippen LogP contribution is -2.30. The second-order valence-electron chi connectivity index (χ2n) is 6.57. The average Bonchev–Trinajstić information content (AvgIpc) is 3.20. The maximum atomic E-state index is 14.0. The highest BCUT2D eigenvalue weighted by Crippen LogP contribution is 2.54. The van der Waals surface area contributed by atoms with E-state index in [4.69, 9.17) is 4.74 Å². The Labute approximate surface area is 189 Å². The third-order valence-corrected chi connectivity index (χ3v) is 7.05. The van der Waals surface area contributed by atoms with Gasteiger partial charge in [0.15, 0.2) is 5.78 Å². The molecule has 3 rings (SSSR count). The molecule has 0 saturated heterocycles. The minimum Gasteiger partial charge on any atom is -0.806 e. The van der Waals surface area contributed by atoms with E-state index >= 15 is 0 Å². The normalized spacial score (nSPS) is 13.1. The molecule has 0 amide bonds. The van der Waals surface area contributed by atoms with E-state index in [0.717, 1.165) is 6.07 Å². The molecule has 0 saturated carbocycles. The van der Waals surface area contributed by atoms with Gasteiger partial charge in [-0.2, -0.15) is 8.78 Å². The summed E-state index contributed by atoms with van der Waals surface area (Å²) in [6.45, 7) is 0. The lowest BCUT2D eigenvalue weighted by atomic mass is 9.91. The van der Waals surface area contributed by atoms with Crippen molar-refractivity contribution in [3.63, 3.8) is 0 Å². The van der Waals surface area contributed by atoms with Crippen LogP contribution in [0.3, 0.4) is 0 Å². The van der Waals surface area contributed by atoms with E-state index in [1.807, 2.05) is 0 Å². The molecular weight excluding hydrogens is 515 g/mol. The Morgan fingerprint density at radius 2 is 1.94 bits per heavy atom. The summed E-state index contributed by atoms with van der Waals surface area (Å²) in [7, 11) is -4.75. The highest BCUT2D eigenvalue weighted by atomic mass is 79.9. The van der Waals surface area contributed by atoms with Crippen LogP contribution >= 0.6 is 34.9 Å². The monoisotopic (exact) mass is 529 g/mol. The number of aromatic nitrogens is 1. The summed E-state index contributed by atoms with van der Waals surface area (Å²) in [6, 6.07) is 12.0. The SMILES string of the molecule is COc1csc(C(Cc2ccc(C(F)(F)P(=O)([O-])[O-])c(Br)c2)C(=O)c2ccccc2)n1. The van der Waals surface area contributed by atoms with Crippen LogP contribution in [0.5, 0.6) is 5.88 Å². The number of alkyl halides is 2. The molecule has 0 fully saturated rings. The van der Waals surface area contributed by atoms with Gasteiger partial charge in [0.2, 0.25) is 5.88 Å². The van der Waals surface area contributed by atoms with Gasteiger partial charge in [0, 0.05) is 23.2 Å². The third kappa shape index (κ3) is 5.10. The first-order chi connectivity index (χ1) is 14.5. The number of thiazole rings is 1. The van der Waals surface area contributed by atoms with Gasteiger partial charge in [0.1, 0.15) is 5.01 Å². The van der Waals surface area contributed by atoms with Crippen molar-refractivity contribution in [2.24, 2.45) is 0 Å². The van der Waals surface area contributed by atoms with Crippen molar-refractivity contribution < 1.29 is 32.7 Å². The number of benzene rings is 2. The summed E-state index contributed by atoms with van der Waals surface area (Å²) < 4.78 is 43.8. The van der Waals surface area contributed by atoms with Crippen molar-refractivity contribution in [2.45, 2.75) is 18.0 Å². The van der Waals surface area contributed by atoms with Gasteiger partial charge >= 0.3 is 0 Å². The van der Waals surface area contributed by atoms with E-state index in [-0.39, 0.29) is 16.7 Å². The van der Waals surface area contributed by atoms with Gasteiger partial charge in [-0.15, -0.1) is 11.3 Å². The van der Waals surface area contributed by atoms with Crippen LogP contribution in [0, 0.1) is 0 Å². The summed E-state index contributed by atoms with van der Waals surface area (Å²) in [6.07, 6.45) is 0.112. The number of carbonyl (C=O) groups is 1. The smallest absolute Gasteiger partial charge is 0.297 e. The number of halogens is 3. The van der Waals surface area contributed by atoms with Gasteiger partial charge in [0.25, 0.3) is 5.66 Å². The zero-order chi connectivity index (χ0) is 22.8. The number of hydrogen-bond acceptors (Lipinski definition) is 7. The molecule has 0 radical (unpaired) electrons. The Kier molecular flexibility index (Phi) is 7.08. The zero-order valence-electron chi connectivity index (χ0n) is 16.0. The summed E-state index contributed by atoms with van der Waals surface area (Å²) in [5.74, 6) is -0.588. The maximum Gasteiger partial charge on any atom is 0.297 e. The molecule has 0 N–H and O–H groups in total. The summed E-state index contributed by atoms with van der Waals surface area (Å²) in [5.41, 5.74) is -4.58. The number of nitrogens with zero attached hydrogens (tertiary/aromatic N) is 1. The number of Topliss-reactive ketones (excluding diaryl/α,β-unsaturated/α-hetero) is 1. The van der Waals surface area contributed by atoms with Crippen molar-refractivity contribution in [3.8, 4) is 5.88 Å². The fourth-order valence-electron chi connectivity index (χ4n) is 2.93. The molecule has 3 aromatic rings. The van der Waals surface area contributed by atoms with Gasteiger partial charge in [-0.1, -0.05) is 58.4 Å². The van der Waals surface area contributed by atoms with E-state index in [9.17, 15) is 27.9 Å². The molecule has 1 aromatic heterocycles. The summed E-state index contributed by atoms with van der Waals surface area (Å²) in [4.78, 5) is 39.4. The molecule has 0 aliphatic heterocycles. The van der Waals surface area contributed by atoms with Crippen LogP contribution in [0.25, 0.3) is 0 Å². The number of ether oxygens (including phenoxy) is 1. The molecule has 0 aliphatic rings. The molecule has 2 aromatic carbocycles. The molecule has 1 heterocycles. The van der Waals surface area contributed by atoms with Gasteiger partial charge < -0.3 is 19.1 Å². The van der Waals surface area contributed by atoms with Gasteiger partial charge in [0.05, 0.1) is 18.4 Å². The Balaban J connectivity index is 1.97. The van der Waals surface area contributed by atoms with Crippen LogP contribution in [0.15, 0.2) is 58.4 Å². The topological polar surface area (TPSA) is 102 Å². The highest BCUT2D eigenvalue weighted by molar-refractivity contribution is 9.10. The van der Waals surface area contributed by atoms with Crippen LogP contribution < -0.4 is 14.5 Å². The second kappa shape index (κ2) is 9.26. The molecule has 164 valence electrons. The molecule has 0 aliphatic carbocycles. The summed E-state index contributed by atoms with van der Waals surface area (Å²) >= 11 is 4.15. The van der Waals surface area contributed by atoms with Crippen molar-refractivity contribution in [3.05, 3.63) is 80.1 Å². The molecule has 6 nitrogen and oxygen atoms in total. The molecule has 1 atom stereocenters. The Bertz CT molecular complexity index is 1140. The maximum absolute atomic E-state index is 14.0. The number of rotatable bonds is 8. The van der Waals surface area contributed by atoms with Crippen LogP contribution in [-0.2, 0) is 16.6 Å². The van der Waals surface area contributed by atoms with E-state index in [1.165, 1.54) is 30.6 Å². The predicted molar refractivity (Wildman–Crippen MR) is 112 cm³/mol. The first-order valence-corrected chi connectivity index (χ1v) is 12.0. The number of hydrogen-bond donors (Lipinski definition) is 0. The van der Waals surface area contributed by atoms with E-state index in [1.54, 1.807) is 35.7 Å². The molecular formula is C20H15BrF2NO5PS-2. The number of methoxy groups -OCH3 is 1. The largest absolute Gasteiger partial charge is 0.806 e. The quantitative estimate of drug-likeness (QED) is 0.321. The van der Waals surface area contributed by atoms with Gasteiger partial charge in [-0.05, 0) is 18.1 Å². The van der Waals surface area contributed by atoms with Crippen molar-refractivity contribution >= 4 is 40.6 Å². The van der Waals surface area contributed by atoms with E-state index in [2.05, 4.69) is 20.9 Å². The minimum absolute atomic E-state index is 0.112. The first-order valence-electron chi connectivity index (χ1n) is 8.82. The first kappa shape index (κ1) is 23.7. The van der Waals surface area contributed by atoms with Crippen LogP contribution in [0.2, 0.25) is 0 Å². The molecule has 0 bridgehead atoms.